The van der Waals surface area contributed by atoms with Gasteiger partial charge in [-0.05, 0) is 103 Å². The molecule has 62 heavy (non-hydrogen) atoms. The number of fused-ring (bicyclic) bond motifs is 15. The lowest BCUT2D eigenvalue weighted by Gasteiger charge is -2.35. The second kappa shape index (κ2) is 13.4. The summed E-state index contributed by atoms with van der Waals surface area (Å²) in [7, 11) is 0. The summed E-state index contributed by atoms with van der Waals surface area (Å²) in [6.45, 7) is 0. The maximum atomic E-state index is 6.39. The molecule has 2 heterocycles. The molecule has 1 spiro atoms. The molecule has 2 aliphatic rings. The molecule has 3 heteroatoms. The van der Waals surface area contributed by atoms with Crippen molar-refractivity contribution in [2.75, 3.05) is 0 Å². The summed E-state index contributed by atoms with van der Waals surface area (Å²) in [6.07, 6.45) is 0. The van der Waals surface area contributed by atoms with Crippen molar-refractivity contribution >= 4 is 21.9 Å². The van der Waals surface area contributed by atoms with Crippen LogP contribution in [0.25, 0.3) is 100 Å². The van der Waals surface area contributed by atoms with E-state index in [4.69, 9.17) is 14.4 Å². The van der Waals surface area contributed by atoms with Crippen molar-refractivity contribution in [3.05, 3.63) is 241 Å². The van der Waals surface area contributed by atoms with Crippen molar-refractivity contribution in [2.24, 2.45) is 0 Å². The van der Waals surface area contributed by atoms with Gasteiger partial charge in [0, 0.05) is 27.5 Å². The lowest BCUT2D eigenvalue weighted by molar-refractivity contribution is 0.669. The third-order valence-corrected chi connectivity index (χ3v) is 13.1. The molecule has 0 radical (unpaired) electrons. The summed E-state index contributed by atoms with van der Waals surface area (Å²) < 4.78 is 6.39. The van der Waals surface area contributed by atoms with Gasteiger partial charge in [-0.25, -0.2) is 9.97 Å². The van der Waals surface area contributed by atoms with E-state index in [1.165, 1.54) is 55.6 Å². The summed E-state index contributed by atoms with van der Waals surface area (Å²) in [5.74, 6) is 0.643. The molecule has 0 bridgehead atoms. The van der Waals surface area contributed by atoms with Gasteiger partial charge in [-0.3, -0.25) is 0 Å². The molecule has 9 aromatic carbocycles. The minimum Gasteiger partial charge on any atom is -0.456 e. The second-order valence-corrected chi connectivity index (χ2v) is 16.4. The zero-order valence-corrected chi connectivity index (χ0v) is 33.6. The number of aromatic nitrogens is 2. The zero-order valence-electron chi connectivity index (χ0n) is 33.6. The fourth-order valence-corrected chi connectivity index (χ4v) is 10.4. The number of para-hydroxylation sites is 1. The minimum atomic E-state index is -0.594. The Labute approximate surface area is 359 Å². The van der Waals surface area contributed by atoms with Gasteiger partial charge >= 0.3 is 0 Å². The van der Waals surface area contributed by atoms with Crippen molar-refractivity contribution in [3.8, 4) is 78.4 Å². The molecule has 11 aromatic rings. The molecule has 13 rings (SSSR count). The van der Waals surface area contributed by atoms with E-state index in [1.807, 2.05) is 12.1 Å². The van der Waals surface area contributed by atoms with Gasteiger partial charge in [0.1, 0.15) is 11.2 Å². The normalized spacial score (nSPS) is 13.0. The van der Waals surface area contributed by atoms with E-state index >= 15 is 0 Å². The summed E-state index contributed by atoms with van der Waals surface area (Å²) in [5, 5.41) is 2.17. The first kappa shape index (κ1) is 34.7. The first-order valence-electron chi connectivity index (χ1n) is 21.2. The van der Waals surface area contributed by atoms with Crippen LogP contribution in [0.15, 0.2) is 223 Å². The standard InChI is InChI=1S/C59H36N2O/c1-2-15-37(16-3-1)38-17-14-18-39(33-38)54-36-55(61-58(60-54)41-30-32-49-48-24-9-13-28-56(48)62-57(49)35-41)40-29-31-47-46-23-8-12-27-52(46)59(53(47)34-40)50-25-10-6-21-44(50)42-19-4-5-20-43(42)45-22-7-11-26-51(45)59/h1-36H. The first-order chi connectivity index (χ1) is 30.7. The predicted octanol–water partition coefficient (Wildman–Crippen LogP) is 15.1. The van der Waals surface area contributed by atoms with Crippen LogP contribution < -0.4 is 0 Å². The van der Waals surface area contributed by atoms with Crippen LogP contribution in [0.3, 0.4) is 0 Å². The zero-order chi connectivity index (χ0) is 40.8. The molecule has 0 fully saturated rings. The number of furan rings is 1. The number of benzene rings is 9. The largest absolute Gasteiger partial charge is 0.456 e. The van der Waals surface area contributed by atoms with Crippen LogP contribution in [0.1, 0.15) is 22.3 Å². The van der Waals surface area contributed by atoms with Gasteiger partial charge in [0.05, 0.1) is 16.8 Å². The van der Waals surface area contributed by atoms with Crippen LogP contribution in [0.5, 0.6) is 0 Å². The molecule has 2 aromatic heterocycles. The number of nitrogens with zero attached hydrogens (tertiary/aromatic N) is 2. The second-order valence-electron chi connectivity index (χ2n) is 16.4. The van der Waals surface area contributed by atoms with Crippen molar-refractivity contribution in [2.45, 2.75) is 5.41 Å². The quantitative estimate of drug-likeness (QED) is 0.178. The smallest absolute Gasteiger partial charge is 0.160 e. The Morgan fingerprint density at radius 1 is 0.290 bits per heavy atom. The molecule has 288 valence electrons. The molecule has 0 atom stereocenters. The molecule has 0 unspecified atom stereocenters. The van der Waals surface area contributed by atoms with E-state index in [1.54, 1.807) is 0 Å². The first-order valence-corrected chi connectivity index (χ1v) is 21.2. The lowest BCUT2D eigenvalue weighted by atomic mass is 9.65. The van der Waals surface area contributed by atoms with E-state index in [2.05, 4.69) is 206 Å². The minimum absolute atomic E-state index is 0.594. The third-order valence-electron chi connectivity index (χ3n) is 13.1. The SMILES string of the molecule is c1ccc(-c2cccc(-c3cc(-c4ccc5c(c4)C4(c6ccccc6-c6ccccc6-c6ccccc64)c4ccccc4-5)nc(-c4ccc5c(c4)oc4ccccc45)n3)c2)cc1. The summed E-state index contributed by atoms with van der Waals surface area (Å²) >= 11 is 0. The molecular weight excluding hydrogens is 753 g/mol. The van der Waals surface area contributed by atoms with E-state index < -0.39 is 5.41 Å². The average molecular weight is 789 g/mol. The van der Waals surface area contributed by atoms with E-state index in [0.29, 0.717) is 5.82 Å². The van der Waals surface area contributed by atoms with Crippen LogP contribution >= 0.6 is 0 Å². The summed E-state index contributed by atoms with van der Waals surface area (Å²) in [4.78, 5) is 10.8. The monoisotopic (exact) mass is 788 g/mol. The topological polar surface area (TPSA) is 38.9 Å². The Morgan fingerprint density at radius 2 is 0.790 bits per heavy atom. The van der Waals surface area contributed by atoms with Crippen molar-refractivity contribution in [3.63, 3.8) is 0 Å². The molecule has 0 aliphatic heterocycles. The van der Waals surface area contributed by atoms with Gasteiger partial charge in [0.2, 0.25) is 0 Å². The highest BCUT2D eigenvalue weighted by Gasteiger charge is 2.49. The van der Waals surface area contributed by atoms with Crippen molar-refractivity contribution in [1.82, 2.24) is 9.97 Å². The Morgan fingerprint density at radius 3 is 1.48 bits per heavy atom. The highest BCUT2D eigenvalue weighted by atomic mass is 16.3. The molecule has 0 N–H and O–H groups in total. The highest BCUT2D eigenvalue weighted by Crippen LogP contribution is 2.61. The van der Waals surface area contributed by atoms with Crippen molar-refractivity contribution in [1.29, 1.82) is 0 Å². The van der Waals surface area contributed by atoms with Gasteiger partial charge < -0.3 is 4.42 Å². The Bertz CT molecular complexity index is 3530. The Hall–Kier alpha value is -8.14. The van der Waals surface area contributed by atoms with Crippen LogP contribution in [-0.4, -0.2) is 9.97 Å². The molecule has 0 amide bonds. The number of hydrogen-bond acceptors (Lipinski definition) is 3. The average Bonchev–Trinajstić information content (AvgIpc) is 3.84. The van der Waals surface area contributed by atoms with Gasteiger partial charge in [0.25, 0.3) is 0 Å². The van der Waals surface area contributed by atoms with Crippen LogP contribution in [-0.2, 0) is 5.41 Å². The predicted molar refractivity (Wildman–Crippen MR) is 253 cm³/mol. The van der Waals surface area contributed by atoms with Gasteiger partial charge in [-0.15, -0.1) is 0 Å². The third kappa shape index (κ3) is 5.06. The lowest BCUT2D eigenvalue weighted by Crippen LogP contribution is -2.29. The summed E-state index contributed by atoms with van der Waals surface area (Å²) in [5.41, 5.74) is 20.6. The summed E-state index contributed by atoms with van der Waals surface area (Å²) in [6, 6.07) is 78.8. The fourth-order valence-electron chi connectivity index (χ4n) is 10.4. The molecule has 0 saturated heterocycles. The van der Waals surface area contributed by atoms with Crippen LogP contribution in [0.2, 0.25) is 0 Å². The van der Waals surface area contributed by atoms with E-state index in [9.17, 15) is 0 Å². The number of hydrogen-bond donors (Lipinski definition) is 0. The fraction of sp³-hybridized carbons (Fsp3) is 0.0169. The van der Waals surface area contributed by atoms with Gasteiger partial charge in [-0.2, -0.15) is 0 Å². The molecule has 2 aliphatic carbocycles. The number of rotatable bonds is 4. The Balaban J connectivity index is 1.07. The van der Waals surface area contributed by atoms with Gasteiger partial charge in [0.15, 0.2) is 5.82 Å². The highest BCUT2D eigenvalue weighted by molar-refractivity contribution is 6.06. The maximum Gasteiger partial charge on any atom is 0.160 e. The maximum absolute atomic E-state index is 6.39. The van der Waals surface area contributed by atoms with Crippen LogP contribution in [0.4, 0.5) is 0 Å². The molecule has 3 nitrogen and oxygen atoms in total. The molecule has 0 saturated carbocycles. The van der Waals surface area contributed by atoms with E-state index in [0.717, 1.165) is 61.1 Å². The van der Waals surface area contributed by atoms with Gasteiger partial charge in [-0.1, -0.05) is 182 Å². The van der Waals surface area contributed by atoms with Crippen LogP contribution in [0, 0.1) is 0 Å². The Kier molecular flexibility index (Phi) is 7.52. The van der Waals surface area contributed by atoms with E-state index in [-0.39, 0.29) is 0 Å². The van der Waals surface area contributed by atoms with Crippen molar-refractivity contribution < 1.29 is 4.42 Å². The molecular formula is C59H36N2O.